The highest BCUT2D eigenvalue weighted by Gasteiger charge is 2.16. The Kier molecular flexibility index (Phi) is 4.42. The van der Waals surface area contributed by atoms with Gasteiger partial charge in [-0.05, 0) is 43.0 Å². The molecule has 1 aliphatic heterocycles. The van der Waals surface area contributed by atoms with E-state index >= 15 is 0 Å². The molecule has 2 aromatic heterocycles. The van der Waals surface area contributed by atoms with Crippen molar-refractivity contribution in [3.63, 3.8) is 0 Å². The monoisotopic (exact) mass is 299 g/mol. The van der Waals surface area contributed by atoms with Crippen LogP contribution in [0.2, 0.25) is 0 Å². The molecule has 1 fully saturated rings. The molecule has 0 spiro atoms. The lowest BCUT2D eigenvalue weighted by atomic mass is 9.99. The maximum absolute atomic E-state index is 12.0. The van der Waals surface area contributed by atoms with Gasteiger partial charge >= 0.3 is 0 Å². The van der Waals surface area contributed by atoms with Crippen LogP contribution < -0.4 is 10.2 Å². The first-order chi connectivity index (χ1) is 10.7. The van der Waals surface area contributed by atoms with E-state index in [0.29, 0.717) is 12.2 Å². The molecule has 0 aromatic carbocycles. The van der Waals surface area contributed by atoms with Crippen molar-refractivity contribution in [2.75, 3.05) is 18.0 Å². The summed E-state index contributed by atoms with van der Waals surface area (Å²) in [5, 5.41) is 2.80. The molecule has 0 atom stereocenters. The van der Waals surface area contributed by atoms with E-state index in [1.165, 1.54) is 12.8 Å². The van der Waals surface area contributed by atoms with Crippen LogP contribution in [0.3, 0.4) is 0 Å². The molecule has 0 saturated carbocycles. The van der Waals surface area contributed by atoms with E-state index in [0.717, 1.165) is 30.5 Å². The number of nitrogens with zero attached hydrogens (tertiary/aromatic N) is 2. The molecule has 1 amide bonds. The molecule has 1 saturated heterocycles. The normalized spacial score (nSPS) is 15.8. The van der Waals surface area contributed by atoms with Crippen LogP contribution >= 0.6 is 0 Å². The average molecular weight is 299 g/mol. The number of carbonyl (C=O) groups is 1. The van der Waals surface area contributed by atoms with Gasteiger partial charge in [-0.15, -0.1) is 0 Å². The molecular weight excluding hydrogens is 278 g/mol. The van der Waals surface area contributed by atoms with E-state index in [1.807, 2.05) is 12.1 Å². The second kappa shape index (κ2) is 6.64. The molecule has 0 radical (unpaired) electrons. The Labute approximate surface area is 130 Å². The van der Waals surface area contributed by atoms with E-state index in [2.05, 4.69) is 22.1 Å². The minimum atomic E-state index is -0.185. The summed E-state index contributed by atoms with van der Waals surface area (Å²) in [5.74, 6) is 1.35. The fraction of sp³-hybridized carbons (Fsp3) is 0.412. The third kappa shape index (κ3) is 3.47. The molecule has 1 aliphatic rings. The Morgan fingerprint density at radius 1 is 1.36 bits per heavy atom. The van der Waals surface area contributed by atoms with Gasteiger partial charge in [0.25, 0.3) is 5.91 Å². The number of pyridine rings is 1. The Morgan fingerprint density at radius 3 is 2.82 bits per heavy atom. The van der Waals surface area contributed by atoms with Crippen LogP contribution in [0.4, 0.5) is 5.69 Å². The standard InChI is InChI=1S/C17H21N3O2/c1-13-6-8-20(9-7-13)14-4-5-16(18-11-14)17(21)19-12-15-3-2-10-22-15/h2-5,10-11,13H,6-9,12H2,1H3,(H,19,21). The number of piperidine rings is 1. The lowest BCUT2D eigenvalue weighted by Crippen LogP contribution is -2.33. The summed E-state index contributed by atoms with van der Waals surface area (Å²) in [6, 6.07) is 7.39. The minimum absolute atomic E-state index is 0.185. The fourth-order valence-corrected chi connectivity index (χ4v) is 2.65. The minimum Gasteiger partial charge on any atom is -0.467 e. The Morgan fingerprint density at radius 2 is 2.18 bits per heavy atom. The quantitative estimate of drug-likeness (QED) is 0.943. The first kappa shape index (κ1) is 14.6. The first-order valence-electron chi connectivity index (χ1n) is 7.74. The predicted molar refractivity (Wildman–Crippen MR) is 84.7 cm³/mol. The van der Waals surface area contributed by atoms with Crippen LogP contribution in [-0.2, 0) is 6.54 Å². The predicted octanol–water partition coefficient (Wildman–Crippen LogP) is 2.84. The van der Waals surface area contributed by atoms with Gasteiger partial charge in [0, 0.05) is 13.1 Å². The molecule has 2 aromatic rings. The highest BCUT2D eigenvalue weighted by molar-refractivity contribution is 5.92. The van der Waals surface area contributed by atoms with Crippen molar-refractivity contribution in [3.05, 3.63) is 48.2 Å². The smallest absolute Gasteiger partial charge is 0.270 e. The lowest BCUT2D eigenvalue weighted by molar-refractivity contribution is 0.0943. The highest BCUT2D eigenvalue weighted by Crippen LogP contribution is 2.22. The number of hydrogen-bond acceptors (Lipinski definition) is 4. The summed E-state index contributed by atoms with van der Waals surface area (Å²) >= 11 is 0. The number of hydrogen-bond donors (Lipinski definition) is 1. The first-order valence-corrected chi connectivity index (χ1v) is 7.74. The highest BCUT2D eigenvalue weighted by atomic mass is 16.3. The fourth-order valence-electron chi connectivity index (χ4n) is 2.65. The zero-order chi connectivity index (χ0) is 15.4. The molecule has 5 nitrogen and oxygen atoms in total. The molecule has 0 bridgehead atoms. The summed E-state index contributed by atoms with van der Waals surface area (Å²) in [7, 11) is 0. The van der Waals surface area contributed by atoms with Crippen LogP contribution in [0.1, 0.15) is 36.0 Å². The molecule has 1 N–H and O–H groups in total. The van der Waals surface area contributed by atoms with Crippen LogP contribution in [-0.4, -0.2) is 24.0 Å². The maximum atomic E-state index is 12.0. The van der Waals surface area contributed by atoms with Crippen LogP contribution in [0.25, 0.3) is 0 Å². The number of carbonyl (C=O) groups excluding carboxylic acids is 1. The van der Waals surface area contributed by atoms with Crippen LogP contribution in [0.15, 0.2) is 41.1 Å². The molecule has 116 valence electrons. The SMILES string of the molecule is CC1CCN(c2ccc(C(=O)NCc3ccco3)nc2)CC1. The van der Waals surface area contributed by atoms with Gasteiger partial charge in [0.1, 0.15) is 11.5 Å². The van der Waals surface area contributed by atoms with Gasteiger partial charge < -0.3 is 14.6 Å². The number of anilines is 1. The third-order valence-corrected chi connectivity index (χ3v) is 4.13. The van der Waals surface area contributed by atoms with Crippen molar-refractivity contribution in [2.24, 2.45) is 5.92 Å². The molecule has 0 aliphatic carbocycles. The van der Waals surface area contributed by atoms with E-state index in [-0.39, 0.29) is 5.91 Å². The number of amides is 1. The van der Waals surface area contributed by atoms with Gasteiger partial charge in [0.2, 0.25) is 0 Å². The molecular formula is C17H21N3O2. The van der Waals surface area contributed by atoms with Crippen molar-refractivity contribution in [1.82, 2.24) is 10.3 Å². The van der Waals surface area contributed by atoms with Crippen molar-refractivity contribution >= 4 is 11.6 Å². The summed E-state index contributed by atoms with van der Waals surface area (Å²) in [6.45, 7) is 4.79. The molecule has 3 heterocycles. The molecule has 0 unspecified atom stereocenters. The van der Waals surface area contributed by atoms with E-state index in [4.69, 9.17) is 4.42 Å². The van der Waals surface area contributed by atoms with Gasteiger partial charge in [0.15, 0.2) is 0 Å². The van der Waals surface area contributed by atoms with E-state index < -0.39 is 0 Å². The van der Waals surface area contributed by atoms with Gasteiger partial charge in [-0.1, -0.05) is 6.92 Å². The van der Waals surface area contributed by atoms with Gasteiger partial charge in [-0.25, -0.2) is 4.98 Å². The third-order valence-electron chi connectivity index (χ3n) is 4.13. The average Bonchev–Trinajstić information content (AvgIpc) is 3.07. The van der Waals surface area contributed by atoms with Crippen molar-refractivity contribution < 1.29 is 9.21 Å². The number of rotatable bonds is 4. The Balaban J connectivity index is 1.57. The maximum Gasteiger partial charge on any atom is 0.270 e. The second-order valence-electron chi connectivity index (χ2n) is 5.83. The van der Waals surface area contributed by atoms with Crippen LogP contribution in [0.5, 0.6) is 0 Å². The Bertz CT molecular complexity index is 599. The number of furan rings is 1. The van der Waals surface area contributed by atoms with Crippen LogP contribution in [0, 0.1) is 5.92 Å². The molecule has 5 heteroatoms. The van der Waals surface area contributed by atoms with Crippen molar-refractivity contribution in [3.8, 4) is 0 Å². The topological polar surface area (TPSA) is 58.4 Å². The Hall–Kier alpha value is -2.30. The molecule has 3 rings (SSSR count). The van der Waals surface area contributed by atoms with E-state index in [1.54, 1.807) is 24.6 Å². The lowest BCUT2D eigenvalue weighted by Gasteiger charge is -2.31. The van der Waals surface area contributed by atoms with Gasteiger partial charge in [-0.2, -0.15) is 0 Å². The van der Waals surface area contributed by atoms with Gasteiger partial charge in [0.05, 0.1) is 24.7 Å². The summed E-state index contributed by atoms with van der Waals surface area (Å²) in [5.41, 5.74) is 1.52. The zero-order valence-corrected chi connectivity index (χ0v) is 12.8. The summed E-state index contributed by atoms with van der Waals surface area (Å²) in [4.78, 5) is 18.7. The number of aromatic nitrogens is 1. The summed E-state index contributed by atoms with van der Waals surface area (Å²) < 4.78 is 5.19. The van der Waals surface area contributed by atoms with Crippen molar-refractivity contribution in [2.45, 2.75) is 26.3 Å². The molecule has 22 heavy (non-hydrogen) atoms. The number of nitrogens with one attached hydrogen (secondary N) is 1. The zero-order valence-electron chi connectivity index (χ0n) is 12.8. The summed E-state index contributed by atoms with van der Waals surface area (Å²) in [6.07, 6.45) is 5.81. The second-order valence-corrected chi connectivity index (χ2v) is 5.83. The van der Waals surface area contributed by atoms with E-state index in [9.17, 15) is 4.79 Å². The largest absolute Gasteiger partial charge is 0.467 e. The van der Waals surface area contributed by atoms with Crippen molar-refractivity contribution in [1.29, 1.82) is 0 Å². The van der Waals surface area contributed by atoms with Gasteiger partial charge in [-0.3, -0.25) is 4.79 Å².